The lowest BCUT2D eigenvalue weighted by Crippen LogP contribution is -2.18. The first-order valence-electron chi connectivity index (χ1n) is 12.7. The molecule has 0 aliphatic rings. The molecule has 9 heteroatoms. The fourth-order valence-corrected chi connectivity index (χ4v) is 4.62. The highest BCUT2D eigenvalue weighted by molar-refractivity contribution is 6.35. The Bertz CT molecular complexity index is 1400. The lowest BCUT2D eigenvalue weighted by Gasteiger charge is -2.14. The Kier molecular flexibility index (Phi) is 10.2. The van der Waals surface area contributed by atoms with Crippen LogP contribution in [0.15, 0.2) is 66.9 Å². The van der Waals surface area contributed by atoms with Gasteiger partial charge in [0.25, 0.3) is 0 Å². The Labute approximate surface area is 233 Å². The molecule has 0 radical (unpaired) electrons. The van der Waals surface area contributed by atoms with E-state index in [9.17, 15) is 0 Å². The largest absolute Gasteiger partial charge is 0.497 e. The van der Waals surface area contributed by atoms with Gasteiger partial charge in [0.1, 0.15) is 5.75 Å². The molecule has 4 N–H and O–H groups in total. The normalized spacial score (nSPS) is 11.0. The van der Waals surface area contributed by atoms with E-state index in [0.717, 1.165) is 39.1 Å². The minimum Gasteiger partial charge on any atom is -0.497 e. The van der Waals surface area contributed by atoms with Crippen LogP contribution in [-0.4, -0.2) is 60.7 Å². The predicted octanol–water partition coefficient (Wildman–Crippen LogP) is 4.31. The Hall–Kier alpha value is -3.53. The maximum Gasteiger partial charge on any atom is 0.218 e. The minimum absolute atomic E-state index is 0.0690. The Morgan fingerprint density at radius 3 is 2.33 bits per heavy atom. The lowest BCUT2D eigenvalue weighted by molar-refractivity contribution is 0.291. The van der Waals surface area contributed by atoms with E-state index in [0.29, 0.717) is 48.5 Å². The number of aromatic nitrogens is 2. The molecule has 0 spiro atoms. The highest BCUT2D eigenvalue weighted by Crippen LogP contribution is 2.37. The number of nitrogens with one attached hydrogen (secondary N) is 2. The van der Waals surface area contributed by atoms with Crippen LogP contribution >= 0.6 is 11.6 Å². The summed E-state index contributed by atoms with van der Waals surface area (Å²) in [6, 6.07) is 19.8. The average molecular weight is 549 g/mol. The van der Waals surface area contributed by atoms with Gasteiger partial charge in [-0.05, 0) is 47.5 Å². The Morgan fingerprint density at radius 1 is 0.821 bits per heavy atom. The van der Waals surface area contributed by atoms with E-state index in [1.807, 2.05) is 60.7 Å². The molecule has 0 atom stereocenters. The number of hydrogen-bond acceptors (Lipinski definition) is 8. The molecule has 0 unspecified atom stereocenters. The molecule has 2 aromatic heterocycles. The van der Waals surface area contributed by atoms with Crippen LogP contribution < -0.4 is 20.1 Å². The fourth-order valence-electron chi connectivity index (χ4n) is 4.29. The number of ether oxygens (including phenoxy) is 2. The summed E-state index contributed by atoms with van der Waals surface area (Å²) < 4.78 is 11.0. The van der Waals surface area contributed by atoms with E-state index in [1.54, 1.807) is 20.4 Å². The van der Waals surface area contributed by atoms with Crippen molar-refractivity contribution in [3.63, 3.8) is 0 Å². The number of pyridine rings is 2. The number of aliphatic hydroxyl groups is 2. The summed E-state index contributed by atoms with van der Waals surface area (Å²) in [5.74, 6) is 1.24. The van der Waals surface area contributed by atoms with E-state index < -0.39 is 0 Å². The number of nitrogens with zero attached hydrogens (tertiary/aromatic N) is 2. The van der Waals surface area contributed by atoms with Crippen molar-refractivity contribution in [3.05, 3.63) is 83.0 Å². The first-order valence-corrected chi connectivity index (χ1v) is 13.1. The zero-order valence-electron chi connectivity index (χ0n) is 22.1. The van der Waals surface area contributed by atoms with E-state index in [1.165, 1.54) is 0 Å². The van der Waals surface area contributed by atoms with Crippen LogP contribution in [0.4, 0.5) is 0 Å². The van der Waals surface area contributed by atoms with Crippen LogP contribution in [0.25, 0.3) is 33.6 Å². The van der Waals surface area contributed by atoms with Gasteiger partial charge in [-0.1, -0.05) is 35.9 Å². The number of hydrogen-bond donors (Lipinski definition) is 4. The highest BCUT2D eigenvalue weighted by atomic mass is 35.5. The molecule has 0 saturated heterocycles. The summed E-state index contributed by atoms with van der Waals surface area (Å²) in [7, 11) is 3.23. The monoisotopic (exact) mass is 548 g/mol. The summed E-state index contributed by atoms with van der Waals surface area (Å²) in [6.07, 6.45) is 1.75. The smallest absolute Gasteiger partial charge is 0.218 e. The van der Waals surface area contributed by atoms with E-state index in [4.69, 9.17) is 36.3 Å². The van der Waals surface area contributed by atoms with Crippen LogP contribution in [0.2, 0.25) is 5.02 Å². The van der Waals surface area contributed by atoms with Crippen LogP contribution in [-0.2, 0) is 13.1 Å². The van der Waals surface area contributed by atoms with Gasteiger partial charge >= 0.3 is 0 Å². The number of methoxy groups -OCH3 is 2. The maximum absolute atomic E-state index is 9.09. The molecule has 0 aliphatic heterocycles. The third-order valence-electron chi connectivity index (χ3n) is 6.19. The summed E-state index contributed by atoms with van der Waals surface area (Å²) >= 11 is 6.97. The van der Waals surface area contributed by atoms with Gasteiger partial charge in [0.15, 0.2) is 0 Å². The van der Waals surface area contributed by atoms with Gasteiger partial charge in [-0.15, -0.1) is 0 Å². The lowest BCUT2D eigenvalue weighted by atomic mass is 9.99. The van der Waals surface area contributed by atoms with Gasteiger partial charge in [0.2, 0.25) is 5.88 Å². The second-order valence-corrected chi connectivity index (χ2v) is 9.22. The summed E-state index contributed by atoms with van der Waals surface area (Å²) in [5.41, 5.74) is 6.89. The molecule has 2 aromatic carbocycles. The van der Waals surface area contributed by atoms with Crippen LogP contribution in [0.3, 0.4) is 0 Å². The first-order chi connectivity index (χ1) is 19.1. The van der Waals surface area contributed by atoms with Crippen molar-refractivity contribution in [1.82, 2.24) is 20.6 Å². The second-order valence-electron chi connectivity index (χ2n) is 8.84. The van der Waals surface area contributed by atoms with Gasteiger partial charge in [-0.3, -0.25) is 4.98 Å². The molecule has 0 saturated carbocycles. The molecule has 39 heavy (non-hydrogen) atoms. The van der Waals surface area contributed by atoms with Crippen molar-refractivity contribution in [2.45, 2.75) is 13.1 Å². The third-order valence-corrected chi connectivity index (χ3v) is 6.57. The SMILES string of the molecule is COc1cc(CNCCO)cc(-c2nccc(-c3cccc(-c4ccc(CNCCO)c(OC)n4)c3)c2Cl)c1. The number of rotatable bonds is 13. The molecule has 4 aromatic rings. The van der Waals surface area contributed by atoms with Gasteiger partial charge in [-0.2, -0.15) is 0 Å². The van der Waals surface area contributed by atoms with E-state index in [2.05, 4.69) is 15.6 Å². The van der Waals surface area contributed by atoms with Gasteiger partial charge in [0, 0.05) is 54.6 Å². The molecule has 0 aliphatic carbocycles. The maximum atomic E-state index is 9.09. The van der Waals surface area contributed by atoms with Crippen LogP contribution in [0.1, 0.15) is 11.1 Å². The van der Waals surface area contributed by atoms with Crippen molar-refractivity contribution in [2.75, 3.05) is 40.5 Å². The summed E-state index contributed by atoms with van der Waals surface area (Å²) in [5, 5.41) is 25.0. The number of halogens is 1. The molecule has 0 fully saturated rings. The minimum atomic E-state index is 0.0690. The molecular weight excluding hydrogens is 516 g/mol. The average Bonchev–Trinajstić information content (AvgIpc) is 2.97. The van der Waals surface area contributed by atoms with Crippen molar-refractivity contribution in [2.24, 2.45) is 0 Å². The van der Waals surface area contributed by atoms with Gasteiger partial charge in [0.05, 0.1) is 43.8 Å². The molecule has 204 valence electrons. The van der Waals surface area contributed by atoms with E-state index >= 15 is 0 Å². The van der Waals surface area contributed by atoms with Crippen molar-refractivity contribution in [3.8, 4) is 45.3 Å². The Balaban J connectivity index is 1.67. The molecule has 2 heterocycles. The van der Waals surface area contributed by atoms with Crippen molar-refractivity contribution in [1.29, 1.82) is 0 Å². The Morgan fingerprint density at radius 2 is 1.59 bits per heavy atom. The standard InChI is InChI=1S/C30H33ClN4O4/c1-38-25-15-20(18-32-10-12-36)14-24(17-25)29-28(31)26(8-9-34-29)21-4-3-5-22(16-21)27-7-6-23(19-33-11-13-37)30(35-27)39-2/h3-9,14-17,32-33,36-37H,10-13,18-19H2,1-2H3. The topological polar surface area (TPSA) is 109 Å². The molecular formula is C30H33ClN4O4. The predicted molar refractivity (Wildman–Crippen MR) is 154 cm³/mol. The summed E-state index contributed by atoms with van der Waals surface area (Å²) in [6.45, 7) is 2.27. The summed E-state index contributed by atoms with van der Waals surface area (Å²) in [4.78, 5) is 9.31. The van der Waals surface area contributed by atoms with Crippen LogP contribution in [0.5, 0.6) is 11.6 Å². The number of aliphatic hydroxyl groups excluding tert-OH is 2. The van der Waals surface area contributed by atoms with Crippen LogP contribution in [0, 0.1) is 0 Å². The van der Waals surface area contributed by atoms with Gasteiger partial charge in [-0.25, -0.2) is 4.98 Å². The quantitative estimate of drug-likeness (QED) is 0.183. The molecule has 0 amide bonds. The molecule has 8 nitrogen and oxygen atoms in total. The fraction of sp³-hybridized carbons (Fsp3) is 0.267. The second kappa shape index (κ2) is 14.0. The zero-order chi connectivity index (χ0) is 27.6. The zero-order valence-corrected chi connectivity index (χ0v) is 22.8. The van der Waals surface area contributed by atoms with Gasteiger partial charge < -0.3 is 30.3 Å². The van der Waals surface area contributed by atoms with Crippen molar-refractivity contribution >= 4 is 11.6 Å². The number of benzene rings is 2. The highest BCUT2D eigenvalue weighted by Gasteiger charge is 2.15. The third kappa shape index (κ3) is 7.11. The molecule has 4 rings (SSSR count). The van der Waals surface area contributed by atoms with E-state index in [-0.39, 0.29) is 13.2 Å². The molecule has 0 bridgehead atoms. The first kappa shape index (κ1) is 28.5. The van der Waals surface area contributed by atoms with Crippen molar-refractivity contribution < 1.29 is 19.7 Å².